The van der Waals surface area contributed by atoms with Crippen molar-refractivity contribution in [2.75, 3.05) is 19.6 Å². The van der Waals surface area contributed by atoms with E-state index in [1.54, 1.807) is 17.0 Å². The first-order valence-corrected chi connectivity index (χ1v) is 6.63. The Balaban J connectivity index is 2.92. The molecule has 0 fully saturated rings. The van der Waals surface area contributed by atoms with Crippen LogP contribution < -0.4 is 10.5 Å². The van der Waals surface area contributed by atoms with E-state index in [0.29, 0.717) is 26.1 Å². The summed E-state index contributed by atoms with van der Waals surface area (Å²) in [5.74, 6) is -0.405. The van der Waals surface area contributed by atoms with E-state index in [1.807, 2.05) is 6.92 Å². The van der Waals surface area contributed by atoms with Crippen molar-refractivity contribution >= 4 is 5.91 Å². The van der Waals surface area contributed by atoms with Crippen molar-refractivity contribution in [2.24, 2.45) is 5.73 Å². The smallest absolute Gasteiger partial charge is 0.387 e. The highest BCUT2D eigenvalue weighted by Crippen LogP contribution is 2.22. The Morgan fingerprint density at radius 1 is 1.35 bits per heavy atom. The second-order valence-electron chi connectivity index (χ2n) is 4.31. The van der Waals surface area contributed by atoms with Gasteiger partial charge in [0.1, 0.15) is 5.75 Å². The standard InChI is InChI=1S/C14H20F2N2O2/c1-2-9-18(10-5-8-17)13(19)11-6-3-4-7-12(11)20-14(15)16/h3-4,6-7,14H,2,5,8-10,17H2,1H3. The number of benzene rings is 1. The highest BCUT2D eigenvalue weighted by molar-refractivity contribution is 5.96. The molecule has 112 valence electrons. The van der Waals surface area contributed by atoms with Gasteiger partial charge in [0, 0.05) is 13.1 Å². The molecule has 20 heavy (non-hydrogen) atoms. The van der Waals surface area contributed by atoms with Crippen molar-refractivity contribution in [3.8, 4) is 5.75 Å². The summed E-state index contributed by atoms with van der Waals surface area (Å²) in [6, 6.07) is 6.04. The second-order valence-corrected chi connectivity index (χ2v) is 4.31. The summed E-state index contributed by atoms with van der Waals surface area (Å²) in [5.41, 5.74) is 5.60. The summed E-state index contributed by atoms with van der Waals surface area (Å²) in [7, 11) is 0. The van der Waals surface area contributed by atoms with Crippen molar-refractivity contribution in [2.45, 2.75) is 26.4 Å². The first-order chi connectivity index (χ1) is 9.60. The van der Waals surface area contributed by atoms with Crippen LogP contribution in [0.5, 0.6) is 5.75 Å². The van der Waals surface area contributed by atoms with Crippen molar-refractivity contribution in [3.63, 3.8) is 0 Å². The number of carbonyl (C=O) groups excluding carboxylic acids is 1. The minimum Gasteiger partial charge on any atom is -0.434 e. The van der Waals surface area contributed by atoms with E-state index in [2.05, 4.69) is 4.74 Å². The number of nitrogens with zero attached hydrogens (tertiary/aromatic N) is 1. The molecule has 6 heteroatoms. The fourth-order valence-corrected chi connectivity index (χ4v) is 1.88. The molecule has 0 heterocycles. The zero-order valence-electron chi connectivity index (χ0n) is 11.5. The van der Waals surface area contributed by atoms with Crippen LogP contribution in [0.15, 0.2) is 24.3 Å². The molecule has 0 aliphatic heterocycles. The highest BCUT2D eigenvalue weighted by atomic mass is 19.3. The predicted octanol–water partition coefficient (Wildman–Crippen LogP) is 2.49. The lowest BCUT2D eigenvalue weighted by Crippen LogP contribution is -2.34. The van der Waals surface area contributed by atoms with Crippen molar-refractivity contribution in [1.29, 1.82) is 0 Å². The zero-order valence-corrected chi connectivity index (χ0v) is 11.5. The molecule has 1 rings (SSSR count). The van der Waals surface area contributed by atoms with Gasteiger partial charge < -0.3 is 15.4 Å². The van der Waals surface area contributed by atoms with Gasteiger partial charge in [0.05, 0.1) is 5.56 Å². The Morgan fingerprint density at radius 3 is 2.65 bits per heavy atom. The Morgan fingerprint density at radius 2 is 2.05 bits per heavy atom. The van der Waals surface area contributed by atoms with Gasteiger partial charge in [-0.15, -0.1) is 0 Å². The molecule has 0 aliphatic rings. The monoisotopic (exact) mass is 286 g/mol. The maximum Gasteiger partial charge on any atom is 0.387 e. The normalized spacial score (nSPS) is 10.7. The molecular formula is C14H20F2N2O2. The van der Waals surface area contributed by atoms with Gasteiger partial charge in [0.15, 0.2) is 0 Å². The summed E-state index contributed by atoms with van der Waals surface area (Å²) >= 11 is 0. The van der Waals surface area contributed by atoms with Gasteiger partial charge in [0.25, 0.3) is 5.91 Å². The van der Waals surface area contributed by atoms with Crippen LogP contribution in [0.2, 0.25) is 0 Å². The van der Waals surface area contributed by atoms with Gasteiger partial charge in [-0.1, -0.05) is 19.1 Å². The number of ether oxygens (including phenoxy) is 1. The van der Waals surface area contributed by atoms with Crippen LogP contribution in [0.3, 0.4) is 0 Å². The van der Waals surface area contributed by atoms with Crippen LogP contribution >= 0.6 is 0 Å². The molecule has 0 bridgehead atoms. The molecule has 1 aromatic rings. The summed E-state index contributed by atoms with van der Waals surface area (Å²) < 4.78 is 29.1. The van der Waals surface area contributed by atoms with Crippen molar-refractivity contribution in [1.82, 2.24) is 4.90 Å². The SMILES string of the molecule is CCCN(CCCN)C(=O)c1ccccc1OC(F)F. The first-order valence-electron chi connectivity index (χ1n) is 6.63. The Labute approximate surface area is 117 Å². The van der Waals surface area contributed by atoms with Crippen LogP contribution in [0.25, 0.3) is 0 Å². The number of halogens is 2. The quantitative estimate of drug-likeness (QED) is 0.798. The zero-order chi connectivity index (χ0) is 15.0. The molecule has 0 radical (unpaired) electrons. The molecule has 0 saturated carbocycles. The first kappa shape index (κ1) is 16.4. The van der Waals surface area contributed by atoms with Crippen LogP contribution in [-0.4, -0.2) is 37.1 Å². The number of hydrogen-bond acceptors (Lipinski definition) is 3. The number of hydrogen-bond donors (Lipinski definition) is 1. The van der Waals surface area contributed by atoms with Crippen molar-refractivity contribution in [3.05, 3.63) is 29.8 Å². The lowest BCUT2D eigenvalue weighted by Gasteiger charge is -2.23. The van der Waals surface area contributed by atoms with Crippen LogP contribution in [-0.2, 0) is 0 Å². The minimum absolute atomic E-state index is 0.0960. The average molecular weight is 286 g/mol. The van der Waals surface area contributed by atoms with Gasteiger partial charge in [0.2, 0.25) is 0 Å². The van der Waals surface area contributed by atoms with Gasteiger partial charge in [-0.3, -0.25) is 4.79 Å². The average Bonchev–Trinajstić information content (AvgIpc) is 2.42. The fourth-order valence-electron chi connectivity index (χ4n) is 1.88. The van der Waals surface area contributed by atoms with Crippen LogP contribution in [0, 0.1) is 0 Å². The number of para-hydroxylation sites is 1. The number of amides is 1. The summed E-state index contributed by atoms with van der Waals surface area (Å²) in [6.07, 6.45) is 1.46. The topological polar surface area (TPSA) is 55.6 Å². The van der Waals surface area contributed by atoms with E-state index in [9.17, 15) is 13.6 Å². The van der Waals surface area contributed by atoms with Gasteiger partial charge in [-0.2, -0.15) is 8.78 Å². The minimum atomic E-state index is -2.95. The summed E-state index contributed by atoms with van der Waals surface area (Å²) in [6.45, 7) is 0.536. The van der Waals surface area contributed by atoms with Gasteiger partial charge >= 0.3 is 6.61 Å². The lowest BCUT2D eigenvalue weighted by atomic mass is 10.1. The van der Waals surface area contributed by atoms with Gasteiger partial charge in [-0.05, 0) is 31.5 Å². The van der Waals surface area contributed by atoms with E-state index in [4.69, 9.17) is 5.73 Å². The molecule has 0 aliphatic carbocycles. The van der Waals surface area contributed by atoms with Gasteiger partial charge in [-0.25, -0.2) is 0 Å². The maximum absolute atomic E-state index is 12.4. The summed E-state index contributed by atoms with van der Waals surface area (Å²) in [5, 5.41) is 0. The summed E-state index contributed by atoms with van der Waals surface area (Å²) in [4.78, 5) is 14.0. The third-order valence-corrected chi connectivity index (χ3v) is 2.75. The van der Waals surface area contributed by atoms with Crippen LogP contribution in [0.1, 0.15) is 30.1 Å². The van der Waals surface area contributed by atoms with Crippen molar-refractivity contribution < 1.29 is 18.3 Å². The molecular weight excluding hydrogens is 266 g/mol. The number of alkyl halides is 2. The molecule has 2 N–H and O–H groups in total. The second kappa shape index (κ2) is 8.47. The molecule has 0 unspecified atom stereocenters. The Kier molecular flexibility index (Phi) is 6.93. The third-order valence-electron chi connectivity index (χ3n) is 2.75. The Bertz CT molecular complexity index is 427. The number of nitrogens with two attached hydrogens (primary N) is 1. The molecule has 1 aromatic carbocycles. The fraction of sp³-hybridized carbons (Fsp3) is 0.500. The lowest BCUT2D eigenvalue weighted by molar-refractivity contribution is -0.0502. The molecule has 4 nitrogen and oxygen atoms in total. The predicted molar refractivity (Wildman–Crippen MR) is 72.9 cm³/mol. The molecule has 0 saturated heterocycles. The largest absolute Gasteiger partial charge is 0.434 e. The van der Waals surface area contributed by atoms with E-state index >= 15 is 0 Å². The van der Waals surface area contributed by atoms with E-state index < -0.39 is 6.61 Å². The molecule has 0 atom stereocenters. The number of carbonyl (C=O) groups is 1. The van der Waals surface area contributed by atoms with Crippen LogP contribution in [0.4, 0.5) is 8.78 Å². The molecule has 1 amide bonds. The maximum atomic E-state index is 12.4. The highest BCUT2D eigenvalue weighted by Gasteiger charge is 2.20. The van der Waals surface area contributed by atoms with E-state index in [-0.39, 0.29) is 17.2 Å². The Hall–Kier alpha value is -1.69. The third kappa shape index (κ3) is 4.77. The number of rotatable bonds is 8. The molecule has 0 spiro atoms. The molecule has 0 aromatic heterocycles. The van der Waals surface area contributed by atoms with E-state index in [1.165, 1.54) is 12.1 Å². The van der Waals surface area contributed by atoms with E-state index in [0.717, 1.165) is 6.42 Å².